The Morgan fingerprint density at radius 1 is 0.917 bits per heavy atom. The molecule has 134 valence electrons. The van der Waals surface area contributed by atoms with Crippen LogP contribution in [0, 0.1) is 23.4 Å². The summed E-state index contributed by atoms with van der Waals surface area (Å²) in [7, 11) is -0.713. The van der Waals surface area contributed by atoms with Crippen molar-refractivity contribution in [2.24, 2.45) is 5.92 Å². The summed E-state index contributed by atoms with van der Waals surface area (Å²) < 4.78 is 40.0. The molecule has 1 aliphatic carbocycles. The fourth-order valence-electron chi connectivity index (χ4n) is 5.09. The molecule has 1 aromatic carbocycles. The molecule has 1 saturated carbocycles. The molecule has 0 amide bonds. The molecular formula is C20H29F3Si. The second-order valence-electron chi connectivity index (χ2n) is 7.98. The number of halogens is 3. The molecule has 4 heteroatoms. The fraction of sp³-hybridized carbons (Fsp3) is 0.700. The fourth-order valence-corrected chi connectivity index (χ4v) is 9.31. The highest BCUT2D eigenvalue weighted by atomic mass is 28.3. The van der Waals surface area contributed by atoms with Crippen LogP contribution >= 0.6 is 0 Å². The normalized spacial score (nSPS) is 31.2. The maximum absolute atomic E-state index is 13.5. The topological polar surface area (TPSA) is 0 Å². The van der Waals surface area contributed by atoms with E-state index in [0.29, 0.717) is 5.56 Å². The van der Waals surface area contributed by atoms with E-state index in [-0.39, 0.29) is 5.92 Å². The quantitative estimate of drug-likeness (QED) is 0.424. The molecule has 2 aliphatic rings. The molecule has 3 rings (SSSR count). The Hall–Kier alpha value is -0.773. The van der Waals surface area contributed by atoms with Crippen molar-refractivity contribution in [3.8, 4) is 0 Å². The average Bonchev–Trinajstić information content (AvgIpc) is 2.60. The zero-order chi connectivity index (χ0) is 17.1. The van der Waals surface area contributed by atoms with Crippen molar-refractivity contribution in [1.29, 1.82) is 0 Å². The van der Waals surface area contributed by atoms with Gasteiger partial charge in [-0.15, -0.1) is 0 Å². The second-order valence-corrected chi connectivity index (χ2v) is 11.6. The van der Waals surface area contributed by atoms with Crippen molar-refractivity contribution < 1.29 is 13.2 Å². The van der Waals surface area contributed by atoms with Gasteiger partial charge >= 0.3 is 0 Å². The SMILES string of the molecule is CCCC1CCC([SiH]2CCC(c3cc(F)c(F)c(F)c3)CC2)CC1. The minimum atomic E-state index is -1.34. The van der Waals surface area contributed by atoms with Gasteiger partial charge in [-0.05, 0) is 47.9 Å². The smallest absolute Gasteiger partial charge is 0.194 e. The van der Waals surface area contributed by atoms with Gasteiger partial charge < -0.3 is 0 Å². The van der Waals surface area contributed by atoms with Gasteiger partial charge in [0, 0.05) is 8.80 Å². The van der Waals surface area contributed by atoms with E-state index in [0.717, 1.165) is 24.3 Å². The highest BCUT2D eigenvalue weighted by Crippen LogP contribution is 2.44. The van der Waals surface area contributed by atoms with E-state index < -0.39 is 26.2 Å². The monoisotopic (exact) mass is 354 g/mol. The van der Waals surface area contributed by atoms with Crippen LogP contribution < -0.4 is 0 Å². The predicted octanol–water partition coefficient (Wildman–Crippen LogP) is 6.57. The van der Waals surface area contributed by atoms with E-state index >= 15 is 0 Å². The standard InChI is InChI=1S/C20H29F3Si/c1-2-3-14-4-6-17(7-5-14)24-10-8-15(9-11-24)16-12-18(21)20(23)19(22)13-16/h12-15,17,24H,2-11H2,1H3. The lowest BCUT2D eigenvalue weighted by molar-refractivity contribution is 0.332. The minimum Gasteiger partial charge on any atom is -0.204 e. The first kappa shape index (κ1) is 18.0. The molecule has 0 unspecified atom stereocenters. The number of hydrogen-bond donors (Lipinski definition) is 0. The molecule has 24 heavy (non-hydrogen) atoms. The molecule has 0 N–H and O–H groups in total. The van der Waals surface area contributed by atoms with E-state index in [1.54, 1.807) is 0 Å². The lowest BCUT2D eigenvalue weighted by atomic mass is 9.86. The maximum atomic E-state index is 13.5. The van der Waals surface area contributed by atoms with Gasteiger partial charge in [0.15, 0.2) is 17.5 Å². The van der Waals surface area contributed by atoms with Crippen LogP contribution in [0.3, 0.4) is 0 Å². The zero-order valence-corrected chi connectivity index (χ0v) is 15.8. The van der Waals surface area contributed by atoms with Crippen LogP contribution in [0.2, 0.25) is 17.6 Å². The van der Waals surface area contributed by atoms with E-state index in [1.807, 2.05) is 0 Å². The van der Waals surface area contributed by atoms with Gasteiger partial charge in [0.25, 0.3) is 0 Å². The van der Waals surface area contributed by atoms with Crippen molar-refractivity contribution in [2.75, 3.05) is 0 Å². The van der Waals surface area contributed by atoms with Gasteiger partial charge in [-0.3, -0.25) is 0 Å². The summed E-state index contributed by atoms with van der Waals surface area (Å²) in [6, 6.07) is 4.99. The molecule has 0 aromatic heterocycles. The van der Waals surface area contributed by atoms with E-state index in [9.17, 15) is 13.2 Å². The van der Waals surface area contributed by atoms with Crippen molar-refractivity contribution in [3.05, 3.63) is 35.1 Å². The highest BCUT2D eigenvalue weighted by Gasteiger charge is 2.32. The Bertz CT molecular complexity index is 521. The Morgan fingerprint density at radius 2 is 1.50 bits per heavy atom. The Labute approximate surface area is 145 Å². The third-order valence-electron chi connectivity index (χ3n) is 6.50. The van der Waals surface area contributed by atoms with Gasteiger partial charge in [-0.2, -0.15) is 0 Å². The first-order valence-electron chi connectivity index (χ1n) is 9.72. The van der Waals surface area contributed by atoms with Gasteiger partial charge in [-0.1, -0.05) is 57.5 Å². The summed E-state index contributed by atoms with van der Waals surface area (Å²) in [6.45, 7) is 2.28. The van der Waals surface area contributed by atoms with E-state index in [4.69, 9.17) is 0 Å². The van der Waals surface area contributed by atoms with Crippen LogP contribution in [0.4, 0.5) is 13.2 Å². The van der Waals surface area contributed by atoms with E-state index in [1.165, 1.54) is 62.7 Å². The summed E-state index contributed by atoms with van der Waals surface area (Å²) >= 11 is 0. The molecule has 1 aliphatic heterocycles. The predicted molar refractivity (Wildman–Crippen MR) is 95.7 cm³/mol. The van der Waals surface area contributed by atoms with Crippen molar-refractivity contribution >= 4 is 8.80 Å². The number of hydrogen-bond acceptors (Lipinski definition) is 0. The van der Waals surface area contributed by atoms with Crippen LogP contribution in [0.5, 0.6) is 0 Å². The van der Waals surface area contributed by atoms with Crippen LogP contribution in [-0.2, 0) is 0 Å². The molecule has 0 bridgehead atoms. The number of rotatable bonds is 4. The van der Waals surface area contributed by atoms with Crippen molar-refractivity contribution in [3.63, 3.8) is 0 Å². The average molecular weight is 355 g/mol. The lowest BCUT2D eigenvalue weighted by Crippen LogP contribution is -2.29. The molecule has 0 nitrogen and oxygen atoms in total. The van der Waals surface area contributed by atoms with E-state index in [2.05, 4.69) is 6.92 Å². The summed E-state index contributed by atoms with van der Waals surface area (Å²) in [5, 5.41) is 0. The largest absolute Gasteiger partial charge is 0.204 e. The molecule has 2 fully saturated rings. The maximum Gasteiger partial charge on any atom is 0.194 e. The Morgan fingerprint density at radius 3 is 2.04 bits per heavy atom. The molecule has 1 heterocycles. The van der Waals surface area contributed by atoms with Gasteiger partial charge in [-0.25, -0.2) is 13.2 Å². The Kier molecular flexibility index (Phi) is 6.06. The molecule has 1 aromatic rings. The second kappa shape index (κ2) is 8.07. The van der Waals surface area contributed by atoms with Gasteiger partial charge in [0.1, 0.15) is 0 Å². The van der Waals surface area contributed by atoms with Crippen LogP contribution in [0.25, 0.3) is 0 Å². The summed E-state index contributed by atoms with van der Waals surface area (Å²) in [6.07, 6.45) is 10.5. The third kappa shape index (κ3) is 4.06. The van der Waals surface area contributed by atoms with Gasteiger partial charge in [0.2, 0.25) is 0 Å². The first-order valence-corrected chi connectivity index (χ1v) is 12.0. The highest BCUT2D eigenvalue weighted by molar-refractivity contribution is 6.60. The minimum absolute atomic E-state index is 0.217. The van der Waals surface area contributed by atoms with Crippen molar-refractivity contribution in [1.82, 2.24) is 0 Å². The summed E-state index contributed by atoms with van der Waals surface area (Å²) in [5.74, 6) is -2.25. The molecule has 0 spiro atoms. The van der Waals surface area contributed by atoms with Gasteiger partial charge in [0.05, 0.1) is 0 Å². The van der Waals surface area contributed by atoms with Crippen LogP contribution in [0.1, 0.15) is 69.8 Å². The third-order valence-corrected chi connectivity index (χ3v) is 10.7. The Balaban J connectivity index is 1.53. The summed E-state index contributed by atoms with van der Waals surface area (Å²) in [4.78, 5) is 0. The molecule has 0 radical (unpaired) electrons. The first-order chi connectivity index (χ1) is 11.6. The molecule has 0 atom stereocenters. The molecule has 1 saturated heterocycles. The summed E-state index contributed by atoms with van der Waals surface area (Å²) in [5.41, 5.74) is 1.64. The van der Waals surface area contributed by atoms with Crippen LogP contribution in [-0.4, -0.2) is 8.80 Å². The van der Waals surface area contributed by atoms with Crippen LogP contribution in [0.15, 0.2) is 12.1 Å². The molecular weight excluding hydrogens is 325 g/mol. The van der Waals surface area contributed by atoms with Crippen molar-refractivity contribution in [2.45, 2.75) is 81.8 Å². The number of benzene rings is 1. The zero-order valence-electron chi connectivity index (χ0n) is 14.7. The lowest BCUT2D eigenvalue weighted by Gasteiger charge is -2.37.